The van der Waals surface area contributed by atoms with E-state index in [1.165, 1.54) is 11.3 Å². The van der Waals surface area contributed by atoms with E-state index in [0.29, 0.717) is 5.13 Å². The second kappa shape index (κ2) is 6.87. The van der Waals surface area contributed by atoms with Crippen molar-refractivity contribution < 1.29 is 9.59 Å². The lowest BCUT2D eigenvalue weighted by atomic mass is 9.95. The van der Waals surface area contributed by atoms with Crippen LogP contribution >= 0.6 is 11.3 Å². The topological polar surface area (TPSA) is 84.0 Å². The van der Waals surface area contributed by atoms with Gasteiger partial charge in [0.2, 0.25) is 16.9 Å². The first-order valence-corrected chi connectivity index (χ1v) is 8.10. The number of nitrogens with one attached hydrogen (secondary N) is 2. The van der Waals surface area contributed by atoms with E-state index in [1.54, 1.807) is 27.7 Å². The number of benzene rings is 1. The summed E-state index contributed by atoms with van der Waals surface area (Å²) in [5.74, 6) is -0.499. The summed E-state index contributed by atoms with van der Waals surface area (Å²) >= 11 is 1.29. The number of nitrogens with zero attached hydrogens (tertiary/aromatic N) is 2. The molecule has 0 saturated carbocycles. The minimum Gasteiger partial charge on any atom is -0.344 e. The number of carbonyl (C=O) groups is 2. The average molecular weight is 332 g/mol. The van der Waals surface area contributed by atoms with Crippen LogP contribution in [0, 0.1) is 5.41 Å². The molecule has 1 aromatic heterocycles. The molecule has 0 bridgehead atoms. The van der Waals surface area contributed by atoms with Crippen molar-refractivity contribution in [3.63, 3.8) is 0 Å². The molecule has 1 atom stereocenters. The lowest BCUT2D eigenvalue weighted by Crippen LogP contribution is -2.46. The number of rotatable bonds is 4. The largest absolute Gasteiger partial charge is 0.344 e. The van der Waals surface area contributed by atoms with Crippen LogP contribution in [-0.4, -0.2) is 28.1 Å². The van der Waals surface area contributed by atoms with E-state index >= 15 is 0 Å². The Morgan fingerprint density at radius 1 is 1.13 bits per heavy atom. The Hall–Kier alpha value is -2.28. The van der Waals surface area contributed by atoms with Crippen LogP contribution in [0.2, 0.25) is 0 Å². The van der Waals surface area contributed by atoms with Crippen LogP contribution in [0.25, 0.3) is 10.6 Å². The standard InChI is InChI=1S/C16H20N4O2S/c1-10(17-14(22)16(2,3)4)12(21)18-15-20-19-13(23-15)11-8-6-5-7-9-11/h5-10H,1-4H3,(H,17,22)(H,18,20,21). The number of hydrogen-bond donors (Lipinski definition) is 2. The highest BCUT2D eigenvalue weighted by Gasteiger charge is 2.25. The number of amides is 2. The maximum atomic E-state index is 12.1. The monoisotopic (exact) mass is 332 g/mol. The molecule has 0 spiro atoms. The predicted octanol–water partition coefficient (Wildman–Crippen LogP) is 2.69. The summed E-state index contributed by atoms with van der Waals surface area (Å²) in [6, 6.07) is 8.97. The predicted molar refractivity (Wildman–Crippen MR) is 91.0 cm³/mol. The van der Waals surface area contributed by atoms with Gasteiger partial charge in [-0.25, -0.2) is 0 Å². The zero-order valence-corrected chi connectivity index (χ0v) is 14.4. The zero-order chi connectivity index (χ0) is 17.0. The number of carbonyl (C=O) groups excluding carboxylic acids is 2. The minimum absolute atomic E-state index is 0.178. The number of anilines is 1. The quantitative estimate of drug-likeness (QED) is 0.901. The summed E-state index contributed by atoms with van der Waals surface area (Å²) < 4.78 is 0. The number of aromatic nitrogens is 2. The third-order valence-corrected chi connectivity index (χ3v) is 3.99. The summed E-state index contributed by atoms with van der Waals surface area (Å²) in [4.78, 5) is 24.0. The highest BCUT2D eigenvalue weighted by Crippen LogP contribution is 2.25. The highest BCUT2D eigenvalue weighted by atomic mass is 32.1. The van der Waals surface area contributed by atoms with Crippen LogP contribution in [-0.2, 0) is 9.59 Å². The van der Waals surface area contributed by atoms with Gasteiger partial charge < -0.3 is 5.32 Å². The van der Waals surface area contributed by atoms with E-state index in [4.69, 9.17) is 0 Å². The lowest BCUT2D eigenvalue weighted by molar-refractivity contribution is -0.131. The van der Waals surface area contributed by atoms with E-state index in [-0.39, 0.29) is 11.8 Å². The SMILES string of the molecule is CC(NC(=O)C(C)(C)C)C(=O)Nc1nnc(-c2ccccc2)s1. The van der Waals surface area contributed by atoms with Crippen molar-refractivity contribution in [2.24, 2.45) is 5.41 Å². The molecular weight excluding hydrogens is 312 g/mol. The molecule has 1 aromatic carbocycles. The van der Waals surface area contributed by atoms with Crippen LogP contribution in [0.5, 0.6) is 0 Å². The molecule has 2 amide bonds. The molecule has 2 aromatic rings. The third-order valence-electron chi connectivity index (χ3n) is 3.10. The summed E-state index contributed by atoms with van der Waals surface area (Å²) in [6.07, 6.45) is 0. The molecule has 0 radical (unpaired) electrons. The van der Waals surface area contributed by atoms with Gasteiger partial charge in [0.25, 0.3) is 0 Å². The van der Waals surface area contributed by atoms with E-state index in [9.17, 15) is 9.59 Å². The molecule has 1 unspecified atom stereocenters. The van der Waals surface area contributed by atoms with Crippen molar-refractivity contribution in [1.82, 2.24) is 15.5 Å². The minimum atomic E-state index is -0.647. The van der Waals surface area contributed by atoms with Crippen LogP contribution in [0.1, 0.15) is 27.7 Å². The molecule has 0 saturated heterocycles. The maximum absolute atomic E-state index is 12.1. The fourth-order valence-electron chi connectivity index (χ4n) is 1.66. The van der Waals surface area contributed by atoms with Crippen LogP contribution in [0.3, 0.4) is 0 Å². The van der Waals surface area contributed by atoms with Crippen molar-refractivity contribution in [3.05, 3.63) is 30.3 Å². The summed E-state index contributed by atoms with van der Waals surface area (Å²) in [7, 11) is 0. The van der Waals surface area contributed by atoms with Crippen LogP contribution in [0.4, 0.5) is 5.13 Å². The number of hydrogen-bond acceptors (Lipinski definition) is 5. The van der Waals surface area contributed by atoms with Gasteiger partial charge in [0.15, 0.2) is 0 Å². The molecule has 2 N–H and O–H groups in total. The van der Waals surface area contributed by atoms with E-state index in [2.05, 4.69) is 20.8 Å². The lowest BCUT2D eigenvalue weighted by Gasteiger charge is -2.21. The molecule has 0 aliphatic heterocycles. The van der Waals surface area contributed by atoms with E-state index < -0.39 is 11.5 Å². The van der Waals surface area contributed by atoms with Crippen molar-refractivity contribution in [2.45, 2.75) is 33.7 Å². The van der Waals surface area contributed by atoms with E-state index in [1.807, 2.05) is 30.3 Å². The van der Waals surface area contributed by atoms with Crippen LogP contribution < -0.4 is 10.6 Å². The van der Waals surface area contributed by atoms with Gasteiger partial charge in [0.1, 0.15) is 11.0 Å². The first-order valence-electron chi connectivity index (χ1n) is 7.28. The molecule has 1 heterocycles. The first-order chi connectivity index (χ1) is 10.8. The van der Waals surface area contributed by atoms with Gasteiger partial charge in [0, 0.05) is 11.0 Å². The summed E-state index contributed by atoms with van der Waals surface area (Å²) in [5, 5.41) is 14.5. The van der Waals surface area contributed by atoms with Gasteiger partial charge in [-0.2, -0.15) is 0 Å². The Morgan fingerprint density at radius 3 is 2.39 bits per heavy atom. The molecule has 0 aliphatic carbocycles. The molecule has 122 valence electrons. The molecule has 7 heteroatoms. The van der Waals surface area contributed by atoms with Crippen molar-refractivity contribution in [3.8, 4) is 10.6 Å². The average Bonchev–Trinajstić information content (AvgIpc) is 2.95. The van der Waals surface area contributed by atoms with Crippen molar-refractivity contribution >= 4 is 28.3 Å². The Morgan fingerprint density at radius 2 is 1.78 bits per heavy atom. The molecule has 2 rings (SSSR count). The third kappa shape index (κ3) is 4.59. The Kier molecular flexibility index (Phi) is 5.10. The maximum Gasteiger partial charge on any atom is 0.248 e. The second-order valence-electron chi connectivity index (χ2n) is 6.21. The van der Waals surface area contributed by atoms with Crippen molar-refractivity contribution in [2.75, 3.05) is 5.32 Å². The Balaban J connectivity index is 1.98. The van der Waals surface area contributed by atoms with Gasteiger partial charge in [-0.1, -0.05) is 62.4 Å². The molecule has 0 aliphatic rings. The van der Waals surface area contributed by atoms with Gasteiger partial charge in [-0.3, -0.25) is 14.9 Å². The van der Waals surface area contributed by atoms with Gasteiger partial charge in [-0.15, -0.1) is 10.2 Å². The zero-order valence-electron chi connectivity index (χ0n) is 13.6. The second-order valence-corrected chi connectivity index (χ2v) is 7.19. The van der Waals surface area contributed by atoms with E-state index in [0.717, 1.165) is 10.6 Å². The van der Waals surface area contributed by atoms with Gasteiger partial charge in [0.05, 0.1) is 0 Å². The van der Waals surface area contributed by atoms with Gasteiger partial charge in [-0.05, 0) is 6.92 Å². The van der Waals surface area contributed by atoms with Gasteiger partial charge >= 0.3 is 0 Å². The first kappa shape index (κ1) is 17.1. The van der Waals surface area contributed by atoms with Crippen LogP contribution in [0.15, 0.2) is 30.3 Å². The smallest absolute Gasteiger partial charge is 0.248 e. The summed E-state index contributed by atoms with van der Waals surface area (Å²) in [5.41, 5.74) is 0.400. The summed E-state index contributed by atoms with van der Waals surface area (Å²) in [6.45, 7) is 7.02. The molecular formula is C16H20N4O2S. The Labute approximate surface area is 139 Å². The molecule has 0 fully saturated rings. The Bertz CT molecular complexity index is 692. The molecule has 23 heavy (non-hydrogen) atoms. The molecule has 6 nitrogen and oxygen atoms in total. The highest BCUT2D eigenvalue weighted by molar-refractivity contribution is 7.18. The fourth-order valence-corrected chi connectivity index (χ4v) is 2.42. The van der Waals surface area contributed by atoms with Crippen molar-refractivity contribution in [1.29, 1.82) is 0 Å². The fraction of sp³-hybridized carbons (Fsp3) is 0.375. The normalized spacial score (nSPS) is 12.5.